The van der Waals surface area contributed by atoms with Gasteiger partial charge in [-0.2, -0.15) is 0 Å². The van der Waals surface area contributed by atoms with Crippen LogP contribution in [0.5, 0.6) is 0 Å². The molecule has 3 aromatic heterocycles. The zero-order valence-corrected chi connectivity index (χ0v) is 15.5. The maximum atomic E-state index is 13.1. The molecule has 25 heavy (non-hydrogen) atoms. The number of hydrogen-bond acceptors (Lipinski definition) is 6. The van der Waals surface area contributed by atoms with Gasteiger partial charge < -0.3 is 4.98 Å². The third kappa shape index (κ3) is 3.37. The number of rotatable bonds is 4. The highest BCUT2D eigenvalue weighted by Gasteiger charge is 2.13. The number of aromatic nitrogens is 3. The predicted molar refractivity (Wildman–Crippen MR) is 102 cm³/mol. The van der Waals surface area contributed by atoms with Gasteiger partial charge in [-0.05, 0) is 24.6 Å². The number of thiophene rings is 1. The molecule has 4 aromatic rings. The van der Waals surface area contributed by atoms with E-state index in [4.69, 9.17) is 0 Å². The largest absolute Gasteiger partial charge is 0.301 e. The molecule has 1 N–H and O–H groups in total. The number of aryl methyl sites for hydroxylation is 1. The summed E-state index contributed by atoms with van der Waals surface area (Å²) in [6.07, 6.45) is 0. The van der Waals surface area contributed by atoms with E-state index in [0.717, 1.165) is 21.8 Å². The first-order valence-electron chi connectivity index (χ1n) is 7.41. The monoisotopic (exact) mass is 389 g/mol. The smallest absolute Gasteiger partial charge is 0.260 e. The summed E-state index contributed by atoms with van der Waals surface area (Å²) in [6, 6.07) is 6.12. The molecule has 4 rings (SSSR count). The number of nitrogens with zero attached hydrogens (tertiary/aromatic N) is 2. The molecule has 4 nitrogen and oxygen atoms in total. The Morgan fingerprint density at radius 3 is 2.68 bits per heavy atom. The standard InChI is InChI=1S/C17H12FN3OS3/c1-9-19-12(6-23-9)7-25-17-20-15(22)14-13(8-24-16(14)21-17)10-2-4-11(18)5-3-10/h2-6,8H,7H2,1H3,(H,20,21,22). The number of hydrogen-bond donors (Lipinski definition) is 1. The van der Waals surface area contributed by atoms with Gasteiger partial charge in [-0.25, -0.2) is 14.4 Å². The van der Waals surface area contributed by atoms with Gasteiger partial charge in [0.05, 0.1) is 16.1 Å². The number of H-pyrrole nitrogens is 1. The van der Waals surface area contributed by atoms with Crippen molar-refractivity contribution in [2.75, 3.05) is 0 Å². The Bertz CT molecular complexity index is 1100. The summed E-state index contributed by atoms with van der Waals surface area (Å²) in [5.41, 5.74) is 2.38. The Balaban J connectivity index is 1.67. The molecule has 0 spiro atoms. The second-order valence-electron chi connectivity index (χ2n) is 5.35. The van der Waals surface area contributed by atoms with Gasteiger partial charge >= 0.3 is 0 Å². The maximum absolute atomic E-state index is 13.1. The summed E-state index contributed by atoms with van der Waals surface area (Å²) < 4.78 is 13.1. The van der Waals surface area contributed by atoms with Crippen LogP contribution in [0.25, 0.3) is 21.3 Å². The Morgan fingerprint density at radius 2 is 1.96 bits per heavy atom. The molecule has 8 heteroatoms. The third-order valence-corrected chi connectivity index (χ3v) is 6.20. The molecule has 0 atom stereocenters. The Hall–Kier alpha value is -2.03. The van der Waals surface area contributed by atoms with Crippen molar-refractivity contribution in [3.05, 3.63) is 61.9 Å². The Morgan fingerprint density at radius 1 is 1.16 bits per heavy atom. The number of benzene rings is 1. The van der Waals surface area contributed by atoms with Gasteiger partial charge in [-0.1, -0.05) is 23.9 Å². The molecule has 1 aromatic carbocycles. The van der Waals surface area contributed by atoms with Crippen molar-refractivity contribution in [2.24, 2.45) is 0 Å². The normalized spacial score (nSPS) is 11.3. The lowest BCUT2D eigenvalue weighted by Gasteiger charge is -2.01. The summed E-state index contributed by atoms with van der Waals surface area (Å²) in [6.45, 7) is 1.97. The van der Waals surface area contributed by atoms with E-state index in [2.05, 4.69) is 15.0 Å². The lowest BCUT2D eigenvalue weighted by atomic mass is 10.1. The fraction of sp³-hybridized carbons (Fsp3) is 0.118. The van der Waals surface area contributed by atoms with Gasteiger partial charge in [-0.3, -0.25) is 4.79 Å². The van der Waals surface area contributed by atoms with Gasteiger partial charge in [0.2, 0.25) is 0 Å². The van der Waals surface area contributed by atoms with Crippen LogP contribution >= 0.6 is 34.4 Å². The van der Waals surface area contributed by atoms with E-state index in [-0.39, 0.29) is 11.4 Å². The average molecular weight is 390 g/mol. The highest BCUT2D eigenvalue weighted by Crippen LogP contribution is 2.32. The van der Waals surface area contributed by atoms with Crippen molar-refractivity contribution in [2.45, 2.75) is 17.8 Å². The molecule has 0 unspecified atom stereocenters. The first-order chi connectivity index (χ1) is 12.1. The quantitative estimate of drug-likeness (QED) is 0.400. The molecule has 0 saturated carbocycles. The van der Waals surface area contributed by atoms with Crippen LogP contribution in [0, 0.1) is 12.7 Å². The van der Waals surface area contributed by atoms with Crippen molar-refractivity contribution >= 4 is 44.7 Å². The van der Waals surface area contributed by atoms with Gasteiger partial charge in [0, 0.05) is 22.1 Å². The molecule has 0 radical (unpaired) electrons. The first-order valence-corrected chi connectivity index (χ1v) is 10.2. The fourth-order valence-corrected chi connectivity index (χ4v) is 4.93. The lowest BCUT2D eigenvalue weighted by molar-refractivity contribution is 0.628. The summed E-state index contributed by atoms with van der Waals surface area (Å²) in [5, 5.41) is 6.05. The van der Waals surface area contributed by atoms with E-state index in [1.54, 1.807) is 23.5 Å². The topological polar surface area (TPSA) is 58.6 Å². The zero-order chi connectivity index (χ0) is 17.4. The molecule has 3 heterocycles. The highest BCUT2D eigenvalue weighted by atomic mass is 32.2. The van der Waals surface area contributed by atoms with Crippen LogP contribution < -0.4 is 5.56 Å². The van der Waals surface area contributed by atoms with Crippen LogP contribution in [-0.2, 0) is 5.75 Å². The minimum Gasteiger partial charge on any atom is -0.301 e. The minimum absolute atomic E-state index is 0.178. The molecule has 0 aliphatic heterocycles. The molecule has 0 saturated heterocycles. The summed E-state index contributed by atoms with van der Waals surface area (Å²) in [7, 11) is 0. The Labute approximate surface area is 154 Å². The molecular formula is C17H12FN3OS3. The van der Waals surface area contributed by atoms with E-state index < -0.39 is 0 Å². The molecule has 0 aliphatic carbocycles. The van der Waals surface area contributed by atoms with Crippen molar-refractivity contribution in [3.63, 3.8) is 0 Å². The lowest BCUT2D eigenvalue weighted by Crippen LogP contribution is -2.08. The molecule has 0 aliphatic rings. The third-order valence-electron chi connectivity index (χ3n) is 3.60. The van der Waals surface area contributed by atoms with E-state index in [9.17, 15) is 9.18 Å². The van der Waals surface area contributed by atoms with Crippen LogP contribution in [-0.4, -0.2) is 15.0 Å². The molecular weight excluding hydrogens is 377 g/mol. The van der Waals surface area contributed by atoms with Crippen molar-refractivity contribution in [1.82, 2.24) is 15.0 Å². The second-order valence-corrected chi connectivity index (χ2v) is 8.24. The summed E-state index contributed by atoms with van der Waals surface area (Å²) in [4.78, 5) is 25.0. The van der Waals surface area contributed by atoms with Crippen molar-refractivity contribution in [3.8, 4) is 11.1 Å². The van der Waals surface area contributed by atoms with Gasteiger partial charge in [0.15, 0.2) is 5.16 Å². The summed E-state index contributed by atoms with van der Waals surface area (Å²) >= 11 is 4.48. The number of fused-ring (bicyclic) bond motifs is 1. The minimum atomic E-state index is -0.300. The van der Waals surface area contributed by atoms with Crippen LogP contribution in [0.2, 0.25) is 0 Å². The van der Waals surface area contributed by atoms with E-state index in [1.807, 2.05) is 17.7 Å². The van der Waals surface area contributed by atoms with E-state index in [0.29, 0.717) is 21.1 Å². The van der Waals surface area contributed by atoms with Crippen molar-refractivity contribution in [1.29, 1.82) is 0 Å². The fourth-order valence-electron chi connectivity index (χ4n) is 2.46. The molecule has 126 valence electrons. The van der Waals surface area contributed by atoms with E-state index >= 15 is 0 Å². The molecule has 0 amide bonds. The van der Waals surface area contributed by atoms with Crippen LogP contribution in [0.15, 0.2) is 45.0 Å². The Kier molecular flexibility index (Phi) is 4.41. The van der Waals surface area contributed by atoms with Gasteiger partial charge in [-0.15, -0.1) is 22.7 Å². The summed E-state index contributed by atoms with van der Waals surface area (Å²) in [5.74, 6) is 0.362. The number of halogens is 1. The number of nitrogens with one attached hydrogen (secondary N) is 1. The van der Waals surface area contributed by atoms with Gasteiger partial charge in [0.25, 0.3) is 5.56 Å². The number of thiazole rings is 1. The predicted octanol–water partition coefficient (Wildman–Crippen LogP) is 4.85. The van der Waals surface area contributed by atoms with Crippen LogP contribution in [0.1, 0.15) is 10.7 Å². The van der Waals surface area contributed by atoms with Crippen LogP contribution in [0.4, 0.5) is 4.39 Å². The van der Waals surface area contributed by atoms with Gasteiger partial charge in [0.1, 0.15) is 10.6 Å². The number of aromatic amines is 1. The SMILES string of the molecule is Cc1nc(CSc2nc3scc(-c4ccc(F)cc4)c3c(=O)[nH]2)cs1. The molecule has 0 fully saturated rings. The number of thioether (sulfide) groups is 1. The zero-order valence-electron chi connectivity index (χ0n) is 13.1. The maximum Gasteiger partial charge on any atom is 0.260 e. The second kappa shape index (κ2) is 6.70. The average Bonchev–Trinajstić information content (AvgIpc) is 3.20. The first kappa shape index (κ1) is 16.4. The molecule has 0 bridgehead atoms. The highest BCUT2D eigenvalue weighted by molar-refractivity contribution is 7.98. The van der Waals surface area contributed by atoms with Crippen LogP contribution in [0.3, 0.4) is 0 Å². The van der Waals surface area contributed by atoms with Crippen molar-refractivity contribution < 1.29 is 4.39 Å². The van der Waals surface area contributed by atoms with E-state index in [1.165, 1.54) is 35.2 Å².